The van der Waals surface area contributed by atoms with E-state index in [1.807, 2.05) is 115 Å². The average Bonchev–Trinajstić information content (AvgIpc) is 3.45. The van der Waals surface area contributed by atoms with Crippen LogP contribution in [0.5, 0.6) is 0 Å². The highest BCUT2D eigenvalue weighted by Crippen LogP contribution is 2.23. The fraction of sp³-hybridized carbons (Fsp3) is 0.0741. The number of hydrogen-bond donors (Lipinski definition) is 5. The van der Waals surface area contributed by atoms with Crippen LogP contribution in [-0.2, 0) is 29.7 Å². The molecule has 0 radical (unpaired) electrons. The minimum atomic E-state index is -3.29. The zero-order valence-corrected chi connectivity index (χ0v) is 48.7. The molecule has 0 atom stereocenters. The van der Waals surface area contributed by atoms with Crippen LogP contribution in [0.1, 0.15) is 16.7 Å². The normalized spacial score (nSPS) is 10.8. The molecule has 6 N–H and O–H groups in total. The van der Waals surface area contributed by atoms with Crippen LogP contribution in [0.15, 0.2) is 188 Å². The number of halogens is 5. The van der Waals surface area contributed by atoms with Gasteiger partial charge in [0.25, 0.3) is 5.69 Å². The van der Waals surface area contributed by atoms with Gasteiger partial charge < -0.3 is 21.7 Å². The van der Waals surface area contributed by atoms with E-state index in [0.29, 0.717) is 43.2 Å². The van der Waals surface area contributed by atoms with E-state index in [1.165, 1.54) is 12.1 Å². The Labute approximate surface area is 485 Å². The SMILES string of the molecule is CS(=O)(=O)Nc1cccc(CNc2ncc3cc(Br)ccc3n2)c1.Clc1ncc2cc(Br)ccc2n1.Nc1cccc(CNc2ncc3cc(Br)ccc3n2)c1.O=[N+]([O-])c1cccc(CNc2ncc3cc(Br)ccc3n2)c1. The van der Waals surface area contributed by atoms with E-state index in [0.717, 1.165) is 90.1 Å². The number of nitro benzene ring substituents is 1. The van der Waals surface area contributed by atoms with Crippen LogP contribution in [-0.4, -0.2) is 59.5 Å². The predicted molar refractivity (Wildman–Crippen MR) is 325 cm³/mol. The van der Waals surface area contributed by atoms with Gasteiger partial charge in [-0.05, 0) is 125 Å². The number of nitro groups is 1. The number of nitrogens with zero attached hydrogens (tertiary/aromatic N) is 9. The van der Waals surface area contributed by atoms with Crippen molar-refractivity contribution in [2.24, 2.45) is 0 Å². The first-order chi connectivity index (χ1) is 37.5. The fourth-order valence-electron chi connectivity index (χ4n) is 7.24. The molecule has 24 heteroatoms. The van der Waals surface area contributed by atoms with E-state index in [2.05, 4.69) is 124 Å². The Morgan fingerprint density at radius 1 is 0.513 bits per heavy atom. The summed E-state index contributed by atoms with van der Waals surface area (Å²) in [6.07, 6.45) is 8.14. The van der Waals surface area contributed by atoms with Crippen molar-refractivity contribution < 1.29 is 13.3 Å². The molecule has 4 heterocycles. The van der Waals surface area contributed by atoms with Crippen molar-refractivity contribution in [1.29, 1.82) is 0 Å². The lowest BCUT2D eigenvalue weighted by Gasteiger charge is -2.08. The van der Waals surface area contributed by atoms with Gasteiger partial charge in [-0.2, -0.15) is 0 Å². The van der Waals surface area contributed by atoms with Crippen LogP contribution in [0.4, 0.5) is 34.9 Å². The van der Waals surface area contributed by atoms with Crippen LogP contribution in [0, 0.1) is 10.1 Å². The Hall–Kier alpha value is -7.54. The number of rotatable bonds is 12. The topological polar surface area (TPSA) is 255 Å². The number of sulfonamides is 1. The number of non-ortho nitro benzene ring substituents is 1. The van der Waals surface area contributed by atoms with E-state index in [4.69, 9.17) is 17.3 Å². The second-order valence-electron chi connectivity index (χ2n) is 16.8. The maximum atomic E-state index is 11.3. The summed E-state index contributed by atoms with van der Waals surface area (Å²) >= 11 is 19.2. The summed E-state index contributed by atoms with van der Waals surface area (Å²) in [6, 6.07) is 44.7. The molecule has 0 saturated carbocycles. The Morgan fingerprint density at radius 3 is 1.32 bits per heavy atom. The largest absolute Gasteiger partial charge is 0.399 e. The molecule has 0 amide bonds. The number of aromatic nitrogens is 8. The van der Waals surface area contributed by atoms with Gasteiger partial charge in [-0.15, -0.1) is 0 Å². The zero-order valence-electron chi connectivity index (χ0n) is 40.8. The molecule has 0 aliphatic carbocycles. The third kappa shape index (κ3) is 17.2. The van der Waals surface area contributed by atoms with E-state index < -0.39 is 14.9 Å². The van der Waals surface area contributed by atoms with Crippen LogP contribution >= 0.6 is 75.3 Å². The summed E-state index contributed by atoms with van der Waals surface area (Å²) in [7, 11) is -3.29. The number of hydrogen-bond acceptors (Lipinski definition) is 16. The first-order valence-electron chi connectivity index (χ1n) is 23.2. The molecule has 4 aromatic heterocycles. The molecule has 18 nitrogen and oxygen atoms in total. The third-order valence-corrected chi connectivity index (χ3v) is 13.6. The van der Waals surface area contributed by atoms with Crippen LogP contribution < -0.4 is 26.4 Å². The molecule has 0 bridgehead atoms. The molecular formula is C54H43Br4ClN14O4S. The second-order valence-corrected chi connectivity index (χ2v) is 22.6. The quantitative estimate of drug-likeness (QED) is 0.0330. The molecule has 0 saturated heterocycles. The van der Waals surface area contributed by atoms with Gasteiger partial charge in [-0.3, -0.25) is 14.8 Å². The monoisotopic (exact) mass is 1330 g/mol. The molecule has 11 aromatic rings. The average molecular weight is 1340 g/mol. The highest BCUT2D eigenvalue weighted by Gasteiger charge is 2.08. The number of nitrogens with two attached hydrogens (primary N) is 1. The fourth-order valence-corrected chi connectivity index (χ4v) is 9.45. The lowest BCUT2D eigenvalue weighted by molar-refractivity contribution is -0.384. The van der Waals surface area contributed by atoms with E-state index >= 15 is 0 Å². The van der Waals surface area contributed by atoms with E-state index in [-0.39, 0.29) is 11.0 Å². The van der Waals surface area contributed by atoms with Gasteiger partial charge in [-0.1, -0.05) is 100 Å². The molecule has 0 fully saturated rings. The maximum Gasteiger partial charge on any atom is 0.269 e. The molecule has 0 spiro atoms. The van der Waals surface area contributed by atoms with Gasteiger partial charge in [0.1, 0.15) is 0 Å². The molecular weight excluding hydrogens is 1300 g/mol. The van der Waals surface area contributed by atoms with Crippen molar-refractivity contribution in [2.45, 2.75) is 19.6 Å². The zero-order chi connectivity index (χ0) is 55.2. The Kier molecular flexibility index (Phi) is 19.4. The van der Waals surface area contributed by atoms with Gasteiger partial charge in [0.05, 0.1) is 33.2 Å². The van der Waals surface area contributed by atoms with E-state index in [9.17, 15) is 18.5 Å². The highest BCUT2D eigenvalue weighted by molar-refractivity contribution is 9.11. The highest BCUT2D eigenvalue weighted by atomic mass is 79.9. The summed E-state index contributed by atoms with van der Waals surface area (Å²) < 4.78 is 29.0. The molecule has 7 aromatic carbocycles. The van der Waals surface area contributed by atoms with Gasteiger partial charge in [-0.25, -0.2) is 48.3 Å². The molecule has 0 aliphatic rings. The number of benzene rings is 7. The molecule has 0 unspecified atom stereocenters. The Morgan fingerprint density at radius 2 is 0.897 bits per heavy atom. The number of fused-ring (bicyclic) bond motifs is 4. The minimum absolute atomic E-state index is 0.0728. The number of nitrogen functional groups attached to an aromatic ring is 1. The summed E-state index contributed by atoms with van der Waals surface area (Å²) in [5.74, 6) is 1.62. The predicted octanol–water partition coefficient (Wildman–Crippen LogP) is 13.9. The van der Waals surface area contributed by atoms with Crippen LogP contribution in [0.2, 0.25) is 5.28 Å². The van der Waals surface area contributed by atoms with Crippen LogP contribution in [0.3, 0.4) is 0 Å². The van der Waals surface area contributed by atoms with Crippen molar-refractivity contribution in [2.75, 3.05) is 32.7 Å². The first-order valence-corrected chi connectivity index (χ1v) is 28.6. The first kappa shape index (κ1) is 56.7. The standard InChI is InChI=1S/C16H15BrN4O2S.C15H11BrN4O2.C15H13BrN4.C8H4BrClN2/c1-24(22,23)21-14-4-2-3-11(7-14)9-18-16-19-10-12-8-13(17)5-6-15(12)20-16;16-12-4-5-14-11(7-12)9-18-15(19-14)17-8-10-2-1-3-13(6-10)20(21)22;16-12-4-5-14-11(7-12)9-19-15(20-14)18-8-10-2-1-3-13(17)6-10;9-6-1-2-7-5(3-6)4-11-8(10)12-7/h2-8,10,21H,9H2,1H3,(H,18,19,20);1-7,9H,8H2,(H,17,18,19);1-7,9H,8,17H2,(H,18,19,20);1-4H. The molecule has 78 heavy (non-hydrogen) atoms. The van der Waals surface area contributed by atoms with Gasteiger partial charge in [0.2, 0.25) is 33.2 Å². The Balaban J connectivity index is 0.000000140. The minimum Gasteiger partial charge on any atom is -0.399 e. The van der Waals surface area contributed by atoms with E-state index in [1.54, 1.807) is 42.9 Å². The lowest BCUT2D eigenvalue weighted by atomic mass is 10.2. The van der Waals surface area contributed by atoms with Gasteiger partial charge in [0, 0.05) is 107 Å². The molecule has 0 aliphatic heterocycles. The van der Waals surface area contributed by atoms with Crippen molar-refractivity contribution in [3.05, 3.63) is 220 Å². The van der Waals surface area contributed by atoms with Crippen molar-refractivity contribution in [1.82, 2.24) is 39.9 Å². The van der Waals surface area contributed by atoms with Gasteiger partial charge in [0.15, 0.2) is 0 Å². The summed E-state index contributed by atoms with van der Waals surface area (Å²) in [5, 5.41) is 24.4. The number of nitrogens with one attached hydrogen (secondary N) is 4. The molecule has 11 rings (SSSR count). The van der Waals surface area contributed by atoms with Crippen LogP contribution in [0.25, 0.3) is 43.6 Å². The van der Waals surface area contributed by atoms with Crippen molar-refractivity contribution in [3.8, 4) is 0 Å². The van der Waals surface area contributed by atoms with Crippen molar-refractivity contribution in [3.63, 3.8) is 0 Å². The van der Waals surface area contributed by atoms with Gasteiger partial charge >= 0.3 is 0 Å². The Bertz CT molecular complexity index is 4020. The summed E-state index contributed by atoms with van der Waals surface area (Å²) in [6.45, 7) is 1.55. The number of anilines is 5. The second kappa shape index (κ2) is 26.7. The molecule has 394 valence electrons. The smallest absolute Gasteiger partial charge is 0.269 e. The summed E-state index contributed by atoms with van der Waals surface area (Å²) in [4.78, 5) is 44.5. The third-order valence-electron chi connectivity index (χ3n) is 10.8. The summed E-state index contributed by atoms with van der Waals surface area (Å²) in [5.41, 5.74) is 13.4. The lowest BCUT2D eigenvalue weighted by Crippen LogP contribution is -2.10. The maximum absolute atomic E-state index is 11.3. The van der Waals surface area contributed by atoms with Crippen molar-refractivity contribution >= 4 is 164 Å².